The maximum absolute atomic E-state index is 13.0. The van der Waals surface area contributed by atoms with Crippen molar-refractivity contribution in [3.05, 3.63) is 78.4 Å². The van der Waals surface area contributed by atoms with Crippen LogP contribution in [0.25, 0.3) is 22.3 Å². The summed E-state index contributed by atoms with van der Waals surface area (Å²) < 4.78 is 12.2. The van der Waals surface area contributed by atoms with E-state index in [9.17, 15) is 4.79 Å². The standard InChI is InChI=1S/C31H34N2O3/c1-31(2)20-35-27-18-25(24-10-6-9-23(17-24)21-7-4-3-5-8-21)11-12-26(27)29(31)32-30(34)36-28-19-33-15-13-22(28)14-16-33/h3-12,17-18,22,28-29H,13-16,19-20H2,1-2H3,(H,32,34)/t28-,29?/m1/s1. The summed E-state index contributed by atoms with van der Waals surface area (Å²) in [5.41, 5.74) is 5.36. The number of alkyl carbamates (subject to hydrolysis) is 1. The van der Waals surface area contributed by atoms with Gasteiger partial charge in [0.05, 0.1) is 12.6 Å². The van der Waals surface area contributed by atoms with Gasteiger partial charge in [-0.2, -0.15) is 0 Å². The molecule has 3 saturated heterocycles. The summed E-state index contributed by atoms with van der Waals surface area (Å²) in [5.74, 6) is 1.31. The topological polar surface area (TPSA) is 50.8 Å². The van der Waals surface area contributed by atoms with Crippen molar-refractivity contribution in [3.63, 3.8) is 0 Å². The van der Waals surface area contributed by atoms with Gasteiger partial charge in [0.15, 0.2) is 0 Å². The van der Waals surface area contributed by atoms with Crippen LogP contribution in [-0.2, 0) is 4.74 Å². The largest absolute Gasteiger partial charge is 0.493 e. The van der Waals surface area contributed by atoms with E-state index in [1.54, 1.807) is 0 Å². The van der Waals surface area contributed by atoms with Crippen LogP contribution in [0, 0.1) is 11.3 Å². The van der Waals surface area contributed by atoms with E-state index in [1.807, 2.05) is 6.07 Å². The molecule has 0 spiro atoms. The molecule has 5 heteroatoms. The molecule has 4 aliphatic rings. The van der Waals surface area contributed by atoms with E-state index in [4.69, 9.17) is 9.47 Å². The molecular weight excluding hydrogens is 448 g/mol. The Bertz CT molecular complexity index is 1250. The second-order valence-electron chi connectivity index (χ2n) is 11.1. The van der Waals surface area contributed by atoms with Crippen molar-refractivity contribution < 1.29 is 14.3 Å². The lowest BCUT2D eigenvalue weighted by molar-refractivity contribution is -0.0361. The van der Waals surface area contributed by atoms with Gasteiger partial charge in [-0.1, -0.05) is 74.5 Å². The van der Waals surface area contributed by atoms with Crippen LogP contribution in [0.4, 0.5) is 4.79 Å². The van der Waals surface area contributed by atoms with Crippen LogP contribution in [0.3, 0.4) is 0 Å². The first-order valence-corrected chi connectivity index (χ1v) is 13.1. The van der Waals surface area contributed by atoms with Gasteiger partial charge in [0.25, 0.3) is 0 Å². The maximum atomic E-state index is 13.0. The first kappa shape index (κ1) is 23.1. The summed E-state index contributed by atoms with van der Waals surface area (Å²) in [7, 11) is 0. The Labute approximate surface area is 213 Å². The number of fused-ring (bicyclic) bond motifs is 4. The number of benzene rings is 3. The number of carbonyl (C=O) groups is 1. The van der Waals surface area contributed by atoms with Crippen LogP contribution in [0.1, 0.15) is 38.3 Å². The van der Waals surface area contributed by atoms with E-state index in [0.717, 1.165) is 54.9 Å². The predicted octanol–water partition coefficient (Wildman–Crippen LogP) is 6.30. The summed E-state index contributed by atoms with van der Waals surface area (Å²) in [6.45, 7) is 7.90. The number of piperidine rings is 3. The average Bonchev–Trinajstić information content (AvgIpc) is 2.91. The van der Waals surface area contributed by atoms with Gasteiger partial charge in [-0.25, -0.2) is 4.79 Å². The zero-order valence-electron chi connectivity index (χ0n) is 21.1. The minimum Gasteiger partial charge on any atom is -0.493 e. The molecule has 1 unspecified atom stereocenters. The first-order chi connectivity index (χ1) is 17.5. The molecule has 0 aliphatic carbocycles. The van der Waals surface area contributed by atoms with Crippen LogP contribution in [0.2, 0.25) is 0 Å². The fraction of sp³-hybridized carbons (Fsp3) is 0.387. The molecule has 3 aromatic carbocycles. The van der Waals surface area contributed by atoms with E-state index < -0.39 is 0 Å². The van der Waals surface area contributed by atoms with Crippen LogP contribution in [0.15, 0.2) is 72.8 Å². The maximum Gasteiger partial charge on any atom is 0.407 e. The van der Waals surface area contributed by atoms with Crippen molar-refractivity contribution in [2.24, 2.45) is 11.3 Å². The number of hydrogen-bond donors (Lipinski definition) is 1. The molecule has 4 heterocycles. The number of rotatable bonds is 4. The smallest absolute Gasteiger partial charge is 0.407 e. The fourth-order valence-electron chi connectivity index (χ4n) is 5.96. The third-order valence-corrected chi connectivity index (χ3v) is 8.13. The minimum absolute atomic E-state index is 0.00538. The molecule has 5 nitrogen and oxygen atoms in total. The lowest BCUT2D eigenvalue weighted by atomic mass is 9.78. The Kier molecular flexibility index (Phi) is 5.96. The molecule has 186 valence electrons. The first-order valence-electron chi connectivity index (χ1n) is 13.1. The van der Waals surface area contributed by atoms with Crippen molar-refractivity contribution in [2.75, 3.05) is 26.2 Å². The number of nitrogens with zero attached hydrogens (tertiary/aromatic N) is 1. The summed E-state index contributed by atoms with van der Waals surface area (Å²) >= 11 is 0. The Morgan fingerprint density at radius 1 is 0.917 bits per heavy atom. The minimum atomic E-state index is -0.320. The van der Waals surface area contributed by atoms with Crippen LogP contribution in [0.5, 0.6) is 5.75 Å². The van der Waals surface area contributed by atoms with Crippen molar-refractivity contribution in [1.29, 1.82) is 0 Å². The molecular formula is C31H34N2O3. The summed E-state index contributed by atoms with van der Waals surface area (Å²) in [6, 6.07) is 25.1. The van der Waals surface area contributed by atoms with Gasteiger partial charge >= 0.3 is 6.09 Å². The lowest BCUT2D eigenvalue weighted by Crippen LogP contribution is -2.53. The highest BCUT2D eigenvalue weighted by Gasteiger charge is 2.41. The quantitative estimate of drug-likeness (QED) is 0.474. The Morgan fingerprint density at radius 3 is 2.33 bits per heavy atom. The van der Waals surface area contributed by atoms with Gasteiger partial charge in [0, 0.05) is 17.5 Å². The van der Waals surface area contributed by atoms with E-state index in [1.165, 1.54) is 11.1 Å². The monoisotopic (exact) mass is 482 g/mol. The molecule has 3 fully saturated rings. The summed E-state index contributed by atoms with van der Waals surface area (Å²) in [5, 5.41) is 3.20. The molecule has 3 aromatic rings. The Balaban J connectivity index is 1.23. The number of hydrogen-bond acceptors (Lipinski definition) is 4. The van der Waals surface area contributed by atoms with Crippen molar-refractivity contribution in [3.8, 4) is 28.0 Å². The van der Waals surface area contributed by atoms with E-state index in [2.05, 4.69) is 90.8 Å². The van der Waals surface area contributed by atoms with Gasteiger partial charge in [-0.15, -0.1) is 0 Å². The van der Waals surface area contributed by atoms with Crippen molar-refractivity contribution in [2.45, 2.75) is 38.8 Å². The van der Waals surface area contributed by atoms with Crippen LogP contribution < -0.4 is 10.1 Å². The number of ether oxygens (including phenoxy) is 2. The van der Waals surface area contributed by atoms with Gasteiger partial charge in [-0.3, -0.25) is 4.90 Å². The van der Waals surface area contributed by atoms with E-state index in [0.29, 0.717) is 12.5 Å². The number of carbonyl (C=O) groups excluding carboxylic acids is 1. The predicted molar refractivity (Wildman–Crippen MR) is 142 cm³/mol. The molecule has 36 heavy (non-hydrogen) atoms. The molecule has 0 saturated carbocycles. The van der Waals surface area contributed by atoms with E-state index in [-0.39, 0.29) is 23.7 Å². The second-order valence-corrected chi connectivity index (χ2v) is 11.1. The summed E-state index contributed by atoms with van der Waals surface area (Å²) in [4.78, 5) is 15.4. The zero-order chi connectivity index (χ0) is 24.7. The highest BCUT2D eigenvalue weighted by atomic mass is 16.6. The normalized spacial score (nSPS) is 25.9. The molecule has 2 bridgehead atoms. The Hall–Kier alpha value is -3.31. The van der Waals surface area contributed by atoms with Gasteiger partial charge < -0.3 is 14.8 Å². The van der Waals surface area contributed by atoms with Gasteiger partial charge in [-0.05, 0) is 66.2 Å². The SMILES string of the molecule is CC1(C)COc2cc(-c3cccc(-c4ccccc4)c3)ccc2C1NC(=O)O[C@@H]1CN2CCC1CC2. The Morgan fingerprint density at radius 2 is 1.61 bits per heavy atom. The van der Waals surface area contributed by atoms with Gasteiger partial charge in [0.1, 0.15) is 11.9 Å². The lowest BCUT2D eigenvalue weighted by Gasteiger charge is -2.44. The number of nitrogens with one attached hydrogen (secondary N) is 1. The molecule has 1 amide bonds. The molecule has 0 radical (unpaired) electrons. The molecule has 4 aliphatic heterocycles. The second kappa shape index (κ2) is 9.29. The average molecular weight is 483 g/mol. The highest BCUT2D eigenvalue weighted by molar-refractivity contribution is 5.74. The van der Waals surface area contributed by atoms with Gasteiger partial charge in [0.2, 0.25) is 0 Å². The van der Waals surface area contributed by atoms with Crippen molar-refractivity contribution >= 4 is 6.09 Å². The molecule has 1 N–H and O–H groups in total. The van der Waals surface area contributed by atoms with Crippen LogP contribution in [-0.4, -0.2) is 43.3 Å². The zero-order valence-corrected chi connectivity index (χ0v) is 21.1. The molecule has 7 rings (SSSR count). The molecule has 0 aromatic heterocycles. The van der Waals surface area contributed by atoms with Crippen LogP contribution >= 0.6 is 0 Å². The third-order valence-electron chi connectivity index (χ3n) is 8.13. The summed E-state index contributed by atoms with van der Waals surface area (Å²) in [6.07, 6.45) is 1.92. The van der Waals surface area contributed by atoms with E-state index >= 15 is 0 Å². The fourth-order valence-corrected chi connectivity index (χ4v) is 5.96. The third kappa shape index (κ3) is 4.48. The van der Waals surface area contributed by atoms with Crippen molar-refractivity contribution in [1.82, 2.24) is 10.2 Å². The highest BCUT2D eigenvalue weighted by Crippen LogP contribution is 2.44. The molecule has 2 atom stereocenters. The number of amides is 1.